The average molecular weight is 485 g/mol. The van der Waals surface area contributed by atoms with Crippen molar-refractivity contribution < 1.29 is 27.1 Å². The number of piperidine rings is 1. The first-order valence-electron chi connectivity index (χ1n) is 10.3. The second-order valence-corrected chi connectivity index (χ2v) is 9.82. The van der Waals surface area contributed by atoms with Crippen LogP contribution in [0.15, 0.2) is 42.5 Å². The Balaban J connectivity index is 1.42. The second-order valence-electron chi connectivity index (χ2n) is 7.44. The first-order chi connectivity index (χ1) is 15.3. The first kappa shape index (κ1) is 24.3. The summed E-state index contributed by atoms with van der Waals surface area (Å²) in [5.41, 5.74) is -0.0362. The molecule has 0 aliphatic carbocycles. The lowest BCUT2D eigenvalue weighted by Crippen LogP contribution is -2.44. The van der Waals surface area contributed by atoms with Crippen LogP contribution in [0, 0.1) is 11.7 Å². The van der Waals surface area contributed by atoms with Crippen LogP contribution < -0.4 is 14.8 Å². The molecular weight excluding hydrogens is 459 g/mol. The Morgan fingerprint density at radius 1 is 1.16 bits per heavy atom. The Kier molecular flexibility index (Phi) is 8.33. The largest absolute Gasteiger partial charge is 0.497 e. The predicted octanol–water partition coefficient (Wildman–Crippen LogP) is 3.22. The maximum absolute atomic E-state index is 14.0. The molecule has 1 aliphatic rings. The number of nitrogens with zero attached hydrogens (tertiary/aromatic N) is 1. The van der Waals surface area contributed by atoms with E-state index in [1.54, 1.807) is 31.4 Å². The van der Waals surface area contributed by atoms with E-state index in [2.05, 4.69) is 5.32 Å². The molecule has 10 heteroatoms. The van der Waals surface area contributed by atoms with Crippen LogP contribution in [-0.2, 0) is 20.6 Å². The van der Waals surface area contributed by atoms with Gasteiger partial charge in [0.15, 0.2) is 0 Å². The average Bonchev–Trinajstić information content (AvgIpc) is 2.79. The zero-order chi connectivity index (χ0) is 23.1. The molecule has 0 radical (unpaired) electrons. The lowest BCUT2D eigenvalue weighted by Gasteiger charge is -2.30. The van der Waals surface area contributed by atoms with Crippen molar-refractivity contribution in [3.63, 3.8) is 0 Å². The highest BCUT2D eigenvalue weighted by Crippen LogP contribution is 2.26. The fourth-order valence-corrected chi connectivity index (χ4v) is 5.42. The van der Waals surface area contributed by atoms with Gasteiger partial charge in [0.25, 0.3) is 0 Å². The highest BCUT2D eigenvalue weighted by Gasteiger charge is 2.32. The quantitative estimate of drug-likeness (QED) is 0.552. The number of sulfonamides is 1. The van der Waals surface area contributed by atoms with Crippen LogP contribution in [0.4, 0.5) is 4.39 Å². The van der Waals surface area contributed by atoms with E-state index in [1.165, 1.54) is 22.5 Å². The molecule has 0 unspecified atom stereocenters. The topological polar surface area (TPSA) is 84.9 Å². The van der Waals surface area contributed by atoms with Gasteiger partial charge in [0.2, 0.25) is 15.9 Å². The predicted molar refractivity (Wildman–Crippen MR) is 120 cm³/mol. The van der Waals surface area contributed by atoms with Crippen LogP contribution in [0.2, 0.25) is 5.02 Å². The fraction of sp³-hybridized carbons (Fsp3) is 0.409. The highest BCUT2D eigenvalue weighted by atomic mass is 35.5. The van der Waals surface area contributed by atoms with Gasteiger partial charge in [0.1, 0.15) is 23.9 Å². The molecular formula is C22H26ClFN2O5S. The van der Waals surface area contributed by atoms with Crippen molar-refractivity contribution in [2.24, 2.45) is 5.92 Å². The molecule has 0 spiro atoms. The number of benzene rings is 2. The monoisotopic (exact) mass is 484 g/mol. The summed E-state index contributed by atoms with van der Waals surface area (Å²) in [7, 11) is -2.15. The highest BCUT2D eigenvalue weighted by molar-refractivity contribution is 7.88. The fourth-order valence-electron chi connectivity index (χ4n) is 3.50. The van der Waals surface area contributed by atoms with Crippen molar-refractivity contribution in [2.75, 3.05) is 33.4 Å². The van der Waals surface area contributed by atoms with Crippen molar-refractivity contribution in [2.45, 2.75) is 18.6 Å². The Morgan fingerprint density at radius 2 is 1.81 bits per heavy atom. The Hall–Kier alpha value is -2.36. The molecule has 1 N–H and O–H groups in total. The number of halogens is 2. The van der Waals surface area contributed by atoms with E-state index < -0.39 is 21.6 Å². The van der Waals surface area contributed by atoms with Gasteiger partial charge < -0.3 is 14.8 Å². The molecule has 7 nitrogen and oxygen atoms in total. The van der Waals surface area contributed by atoms with Crippen molar-refractivity contribution >= 4 is 27.5 Å². The van der Waals surface area contributed by atoms with Gasteiger partial charge in [0, 0.05) is 29.6 Å². The molecule has 32 heavy (non-hydrogen) atoms. The lowest BCUT2D eigenvalue weighted by atomic mass is 9.97. The standard InChI is InChI=1S/C22H26ClFN2O5S/c1-30-17-5-7-18(8-6-17)31-14-11-25-22(27)16-9-12-26(13-10-16)32(28,29)15-19-20(23)3-2-4-21(19)24/h2-8,16H,9-15H2,1H3,(H,25,27). The van der Waals surface area contributed by atoms with Gasteiger partial charge in [-0.2, -0.15) is 0 Å². The van der Waals surface area contributed by atoms with E-state index in [9.17, 15) is 17.6 Å². The van der Waals surface area contributed by atoms with E-state index in [-0.39, 0.29) is 35.5 Å². The first-order valence-corrected chi connectivity index (χ1v) is 12.2. The van der Waals surface area contributed by atoms with Crippen LogP contribution in [0.3, 0.4) is 0 Å². The summed E-state index contributed by atoms with van der Waals surface area (Å²) in [6, 6.07) is 11.2. The van der Waals surface area contributed by atoms with Crippen molar-refractivity contribution in [3.05, 3.63) is 58.9 Å². The third-order valence-corrected chi connectivity index (χ3v) is 7.50. The summed E-state index contributed by atoms with van der Waals surface area (Å²) in [4.78, 5) is 12.4. The van der Waals surface area contributed by atoms with Crippen LogP contribution in [0.5, 0.6) is 11.5 Å². The number of amides is 1. The Labute approximate surface area is 192 Å². The zero-order valence-electron chi connectivity index (χ0n) is 17.7. The summed E-state index contributed by atoms with van der Waals surface area (Å²) < 4.78 is 51.3. The smallest absolute Gasteiger partial charge is 0.223 e. The number of nitrogens with one attached hydrogen (secondary N) is 1. The third-order valence-electron chi connectivity index (χ3n) is 5.34. The van der Waals surface area contributed by atoms with E-state index >= 15 is 0 Å². The summed E-state index contributed by atoms with van der Waals surface area (Å²) >= 11 is 5.96. The van der Waals surface area contributed by atoms with Gasteiger partial charge in [-0.05, 0) is 49.2 Å². The van der Waals surface area contributed by atoms with E-state index in [4.69, 9.17) is 21.1 Å². The Morgan fingerprint density at radius 3 is 2.44 bits per heavy atom. The van der Waals surface area contributed by atoms with Gasteiger partial charge in [-0.1, -0.05) is 17.7 Å². The number of ether oxygens (including phenoxy) is 2. The van der Waals surface area contributed by atoms with Crippen molar-refractivity contribution in [3.8, 4) is 11.5 Å². The maximum atomic E-state index is 14.0. The number of hydrogen-bond acceptors (Lipinski definition) is 5. The van der Waals surface area contributed by atoms with Gasteiger partial charge in [-0.25, -0.2) is 17.1 Å². The zero-order valence-corrected chi connectivity index (χ0v) is 19.3. The van der Waals surface area contributed by atoms with Crippen LogP contribution >= 0.6 is 11.6 Å². The molecule has 1 saturated heterocycles. The molecule has 1 fully saturated rings. The molecule has 1 heterocycles. The third kappa shape index (κ3) is 6.34. The van der Waals surface area contributed by atoms with E-state index in [0.717, 1.165) is 5.75 Å². The molecule has 1 aliphatic heterocycles. The minimum absolute atomic E-state index is 0.0362. The lowest BCUT2D eigenvalue weighted by molar-refractivity contribution is -0.126. The molecule has 2 aromatic carbocycles. The number of methoxy groups -OCH3 is 1. The number of carbonyl (C=O) groups excluding carboxylic acids is 1. The number of hydrogen-bond donors (Lipinski definition) is 1. The van der Waals surface area contributed by atoms with Crippen LogP contribution in [0.1, 0.15) is 18.4 Å². The maximum Gasteiger partial charge on any atom is 0.223 e. The molecule has 0 saturated carbocycles. The van der Waals surface area contributed by atoms with Gasteiger partial charge >= 0.3 is 0 Å². The molecule has 1 amide bonds. The molecule has 0 aromatic heterocycles. The normalized spacial score (nSPS) is 15.3. The van der Waals surface area contributed by atoms with E-state index in [0.29, 0.717) is 31.7 Å². The van der Waals surface area contributed by atoms with Crippen molar-refractivity contribution in [1.82, 2.24) is 9.62 Å². The summed E-state index contributed by atoms with van der Waals surface area (Å²) in [5.74, 6) is -0.147. The summed E-state index contributed by atoms with van der Waals surface area (Å²) in [5, 5.41) is 2.91. The van der Waals surface area contributed by atoms with Gasteiger partial charge in [-0.3, -0.25) is 4.79 Å². The minimum Gasteiger partial charge on any atom is -0.497 e. The number of rotatable bonds is 9. The summed E-state index contributed by atoms with van der Waals surface area (Å²) in [6.07, 6.45) is 0.796. The SMILES string of the molecule is COc1ccc(OCCNC(=O)C2CCN(S(=O)(=O)Cc3c(F)cccc3Cl)CC2)cc1. The number of carbonyl (C=O) groups is 1. The molecule has 2 aromatic rings. The molecule has 0 bridgehead atoms. The van der Waals surface area contributed by atoms with Crippen molar-refractivity contribution in [1.29, 1.82) is 0 Å². The minimum atomic E-state index is -3.74. The summed E-state index contributed by atoms with van der Waals surface area (Å²) in [6.45, 7) is 1.06. The second kappa shape index (κ2) is 11.0. The van der Waals surface area contributed by atoms with E-state index in [1.807, 2.05) is 0 Å². The molecule has 0 atom stereocenters. The molecule has 174 valence electrons. The molecule has 3 rings (SSSR count). The van der Waals surface area contributed by atoms with Gasteiger partial charge in [-0.15, -0.1) is 0 Å². The van der Waals surface area contributed by atoms with Gasteiger partial charge in [0.05, 0.1) is 19.4 Å². The van der Waals surface area contributed by atoms with Crippen LogP contribution in [0.25, 0.3) is 0 Å². The van der Waals surface area contributed by atoms with Crippen LogP contribution in [-0.4, -0.2) is 52.0 Å². The Bertz CT molecular complexity index is 1000.